The predicted molar refractivity (Wildman–Crippen MR) is 101 cm³/mol. The lowest BCUT2D eigenvalue weighted by molar-refractivity contribution is -0.386. The van der Waals surface area contributed by atoms with Gasteiger partial charge in [-0.25, -0.2) is 4.39 Å². The summed E-state index contributed by atoms with van der Waals surface area (Å²) in [4.78, 5) is 22.4. The second kappa shape index (κ2) is 8.30. The van der Waals surface area contributed by atoms with Crippen LogP contribution < -0.4 is 4.74 Å². The molecule has 1 heterocycles. The van der Waals surface area contributed by atoms with Gasteiger partial charge in [-0.3, -0.25) is 14.9 Å². The van der Waals surface area contributed by atoms with Crippen LogP contribution in [0.25, 0.3) is 6.08 Å². The van der Waals surface area contributed by atoms with E-state index in [1.807, 2.05) is 19.1 Å². The molecule has 0 aliphatic carbocycles. The van der Waals surface area contributed by atoms with Gasteiger partial charge in [-0.15, -0.1) is 0 Å². The first kappa shape index (κ1) is 19.0. The number of ketones is 1. The third-order valence-corrected chi connectivity index (χ3v) is 3.91. The zero-order chi connectivity index (χ0) is 20.1. The SMILES string of the molecule is Cc1ccc(C(=O)/C=C/c2ccc(COc3cc(F)ccc3[N+](=O)[O-])o2)cc1. The summed E-state index contributed by atoms with van der Waals surface area (Å²) in [6.45, 7) is 1.82. The summed E-state index contributed by atoms with van der Waals surface area (Å²) in [5.74, 6) is -0.190. The van der Waals surface area contributed by atoms with Crippen LogP contribution in [0.5, 0.6) is 5.75 Å². The van der Waals surface area contributed by atoms with Crippen molar-refractivity contribution < 1.29 is 23.3 Å². The molecule has 142 valence electrons. The maximum Gasteiger partial charge on any atom is 0.311 e. The molecule has 0 saturated heterocycles. The van der Waals surface area contributed by atoms with Gasteiger partial charge in [0.05, 0.1) is 4.92 Å². The van der Waals surface area contributed by atoms with E-state index in [1.54, 1.807) is 24.3 Å². The molecule has 3 aromatic rings. The molecule has 0 saturated carbocycles. The predicted octanol–water partition coefficient (Wildman–Crippen LogP) is 5.11. The average molecular weight is 381 g/mol. The molecular formula is C21H16FNO5. The van der Waals surface area contributed by atoms with E-state index in [9.17, 15) is 19.3 Å². The zero-order valence-electron chi connectivity index (χ0n) is 14.9. The van der Waals surface area contributed by atoms with Crippen molar-refractivity contribution in [2.24, 2.45) is 0 Å². The first-order chi connectivity index (χ1) is 13.4. The number of halogens is 1. The lowest BCUT2D eigenvalue weighted by Crippen LogP contribution is -1.99. The molecule has 1 aromatic heterocycles. The van der Waals surface area contributed by atoms with E-state index in [4.69, 9.17) is 9.15 Å². The zero-order valence-corrected chi connectivity index (χ0v) is 14.9. The van der Waals surface area contributed by atoms with E-state index in [2.05, 4.69) is 0 Å². The van der Waals surface area contributed by atoms with Crippen molar-refractivity contribution in [1.82, 2.24) is 0 Å². The lowest BCUT2D eigenvalue weighted by Gasteiger charge is -2.05. The van der Waals surface area contributed by atoms with Gasteiger partial charge in [0.2, 0.25) is 0 Å². The van der Waals surface area contributed by atoms with E-state index in [0.29, 0.717) is 17.1 Å². The fourth-order valence-corrected chi connectivity index (χ4v) is 2.44. The number of hydrogen-bond donors (Lipinski definition) is 0. The van der Waals surface area contributed by atoms with E-state index in [0.717, 1.165) is 23.8 Å². The number of allylic oxidation sites excluding steroid dienone is 1. The Balaban J connectivity index is 1.65. The van der Waals surface area contributed by atoms with Crippen molar-refractivity contribution in [3.05, 3.63) is 99.3 Å². The second-order valence-electron chi connectivity index (χ2n) is 6.03. The molecule has 0 aliphatic rings. The summed E-state index contributed by atoms with van der Waals surface area (Å²) < 4.78 is 24.1. The molecule has 0 N–H and O–H groups in total. The topological polar surface area (TPSA) is 82.6 Å². The first-order valence-corrected chi connectivity index (χ1v) is 8.37. The Labute approximate surface area is 160 Å². The highest BCUT2D eigenvalue weighted by Crippen LogP contribution is 2.28. The molecular weight excluding hydrogens is 365 g/mol. The third kappa shape index (κ3) is 4.70. The van der Waals surface area contributed by atoms with Crippen molar-refractivity contribution in [2.75, 3.05) is 0 Å². The summed E-state index contributed by atoms with van der Waals surface area (Å²) in [5, 5.41) is 11.0. The Kier molecular flexibility index (Phi) is 5.64. The minimum absolute atomic E-state index is 0.121. The van der Waals surface area contributed by atoms with Crippen LogP contribution in [0.4, 0.5) is 10.1 Å². The Morgan fingerprint density at radius 3 is 2.64 bits per heavy atom. The van der Waals surface area contributed by atoms with Crippen LogP contribution in [0.3, 0.4) is 0 Å². The number of benzene rings is 2. The number of rotatable bonds is 7. The minimum atomic E-state index is -0.651. The second-order valence-corrected chi connectivity index (χ2v) is 6.03. The normalized spacial score (nSPS) is 10.9. The van der Waals surface area contributed by atoms with Crippen LogP contribution in [-0.2, 0) is 6.61 Å². The van der Waals surface area contributed by atoms with E-state index >= 15 is 0 Å². The quantitative estimate of drug-likeness (QED) is 0.246. The van der Waals surface area contributed by atoms with Crippen molar-refractivity contribution in [2.45, 2.75) is 13.5 Å². The van der Waals surface area contributed by atoms with Gasteiger partial charge in [0.15, 0.2) is 11.5 Å². The highest BCUT2D eigenvalue weighted by molar-refractivity contribution is 6.06. The van der Waals surface area contributed by atoms with Crippen LogP contribution in [0.2, 0.25) is 0 Å². The van der Waals surface area contributed by atoms with Crippen LogP contribution in [0.1, 0.15) is 27.4 Å². The third-order valence-electron chi connectivity index (χ3n) is 3.91. The molecule has 0 spiro atoms. The molecule has 0 atom stereocenters. The number of ether oxygens (including phenoxy) is 1. The Bertz CT molecular complexity index is 1040. The molecule has 0 bridgehead atoms. The van der Waals surface area contributed by atoms with Gasteiger partial charge in [0, 0.05) is 17.7 Å². The molecule has 6 nitrogen and oxygen atoms in total. The Hall–Kier alpha value is -3.74. The molecule has 0 amide bonds. The number of carbonyl (C=O) groups excluding carboxylic acids is 1. The van der Waals surface area contributed by atoms with Crippen LogP contribution in [0, 0.1) is 22.9 Å². The van der Waals surface area contributed by atoms with Gasteiger partial charge in [0.25, 0.3) is 0 Å². The van der Waals surface area contributed by atoms with Crippen LogP contribution in [-0.4, -0.2) is 10.7 Å². The number of nitro groups is 1. The number of furan rings is 1. The maximum atomic E-state index is 13.3. The Morgan fingerprint density at radius 1 is 1.18 bits per heavy atom. The molecule has 0 radical (unpaired) electrons. The number of aryl methyl sites for hydroxylation is 1. The Morgan fingerprint density at radius 2 is 1.93 bits per heavy atom. The molecule has 3 rings (SSSR count). The van der Waals surface area contributed by atoms with Gasteiger partial charge in [-0.2, -0.15) is 0 Å². The number of hydrogen-bond acceptors (Lipinski definition) is 5. The summed E-state index contributed by atoms with van der Waals surface area (Å²) in [6.07, 6.45) is 2.92. The largest absolute Gasteiger partial charge is 0.479 e. The van der Waals surface area contributed by atoms with E-state index in [-0.39, 0.29) is 23.8 Å². The van der Waals surface area contributed by atoms with Gasteiger partial charge < -0.3 is 9.15 Å². The molecule has 0 unspecified atom stereocenters. The number of nitro benzene ring substituents is 1. The van der Waals surface area contributed by atoms with Crippen molar-refractivity contribution in [3.8, 4) is 5.75 Å². The monoisotopic (exact) mass is 381 g/mol. The summed E-state index contributed by atoms with van der Waals surface area (Å²) in [7, 11) is 0. The fraction of sp³-hybridized carbons (Fsp3) is 0.0952. The number of nitrogens with zero attached hydrogens (tertiary/aromatic N) is 1. The van der Waals surface area contributed by atoms with Gasteiger partial charge >= 0.3 is 5.69 Å². The van der Waals surface area contributed by atoms with Crippen molar-refractivity contribution in [3.63, 3.8) is 0 Å². The van der Waals surface area contributed by atoms with Gasteiger partial charge in [-0.05, 0) is 37.3 Å². The van der Waals surface area contributed by atoms with Crippen LogP contribution in [0.15, 0.2) is 65.1 Å². The highest BCUT2D eigenvalue weighted by Gasteiger charge is 2.16. The van der Waals surface area contributed by atoms with Crippen LogP contribution >= 0.6 is 0 Å². The average Bonchev–Trinajstić information content (AvgIpc) is 3.12. The molecule has 7 heteroatoms. The maximum absolute atomic E-state index is 13.3. The smallest absolute Gasteiger partial charge is 0.311 e. The molecule has 0 aliphatic heterocycles. The molecule has 0 fully saturated rings. The van der Waals surface area contributed by atoms with Crippen molar-refractivity contribution >= 4 is 17.5 Å². The molecule has 28 heavy (non-hydrogen) atoms. The van der Waals surface area contributed by atoms with E-state index in [1.165, 1.54) is 12.2 Å². The summed E-state index contributed by atoms with van der Waals surface area (Å²) in [6, 6.07) is 13.4. The van der Waals surface area contributed by atoms with E-state index < -0.39 is 10.7 Å². The lowest BCUT2D eigenvalue weighted by atomic mass is 10.1. The minimum Gasteiger partial charge on any atom is -0.479 e. The summed E-state index contributed by atoms with van der Waals surface area (Å²) >= 11 is 0. The van der Waals surface area contributed by atoms with Crippen molar-refractivity contribution in [1.29, 1.82) is 0 Å². The number of carbonyl (C=O) groups is 1. The molecule has 2 aromatic carbocycles. The van der Waals surface area contributed by atoms with Gasteiger partial charge in [0.1, 0.15) is 23.9 Å². The first-order valence-electron chi connectivity index (χ1n) is 8.37. The standard InChI is InChI=1S/C21H16FNO5/c1-14-2-4-15(5-3-14)20(24)11-9-17-7-8-18(28-17)13-27-21-12-16(22)6-10-19(21)23(25)26/h2-12H,13H2,1H3/b11-9+. The highest BCUT2D eigenvalue weighted by atomic mass is 19.1. The van der Waals surface area contributed by atoms with Gasteiger partial charge in [-0.1, -0.05) is 29.8 Å². The fourth-order valence-electron chi connectivity index (χ4n) is 2.44. The summed E-state index contributed by atoms with van der Waals surface area (Å²) in [5.41, 5.74) is 1.29.